The number of pyridine rings is 1. The van der Waals surface area contributed by atoms with Gasteiger partial charge < -0.3 is 15.8 Å². The summed E-state index contributed by atoms with van der Waals surface area (Å²) in [6.45, 7) is 2.41. The Kier molecular flexibility index (Phi) is 7.27. The topological polar surface area (TPSA) is 111 Å². The van der Waals surface area contributed by atoms with E-state index >= 15 is 0 Å². The molecule has 3 rings (SSSR count). The van der Waals surface area contributed by atoms with E-state index in [2.05, 4.69) is 10.3 Å². The molecule has 7 nitrogen and oxygen atoms in total. The van der Waals surface area contributed by atoms with Crippen LogP contribution in [0.5, 0.6) is 5.88 Å². The van der Waals surface area contributed by atoms with Crippen LogP contribution in [0.1, 0.15) is 34.1 Å². The van der Waals surface area contributed by atoms with Crippen molar-refractivity contribution < 1.29 is 17.9 Å². The summed E-state index contributed by atoms with van der Waals surface area (Å²) in [5.41, 5.74) is 9.07. The molecule has 166 valence electrons. The van der Waals surface area contributed by atoms with Gasteiger partial charge in [-0.05, 0) is 42.3 Å². The van der Waals surface area contributed by atoms with Crippen LogP contribution >= 0.6 is 0 Å². The van der Waals surface area contributed by atoms with Crippen molar-refractivity contribution in [2.75, 3.05) is 18.6 Å². The Balaban J connectivity index is 1.77. The zero-order valence-electron chi connectivity index (χ0n) is 17.9. The van der Waals surface area contributed by atoms with Crippen LogP contribution in [0.2, 0.25) is 0 Å². The van der Waals surface area contributed by atoms with Crippen LogP contribution in [0.3, 0.4) is 0 Å². The number of benzene rings is 2. The highest BCUT2D eigenvalue weighted by Crippen LogP contribution is 2.26. The van der Waals surface area contributed by atoms with Crippen LogP contribution in [-0.4, -0.2) is 32.2 Å². The standard InChI is InChI=1S/C24H25N3O4S/c1-3-31-24-20(14-11-17-7-5-4-6-8-17)21(25)15-22(27-24)23(28)26-16-18-9-12-19(13-10-18)32(2,29)30/h4-15H,3,16H2,1-2H3,(H2,25,27)(H,26,28)/b14-11+. The highest BCUT2D eigenvalue weighted by molar-refractivity contribution is 7.90. The van der Waals surface area contributed by atoms with Crippen molar-refractivity contribution in [1.82, 2.24) is 10.3 Å². The summed E-state index contributed by atoms with van der Waals surface area (Å²) in [7, 11) is -3.27. The summed E-state index contributed by atoms with van der Waals surface area (Å²) in [5, 5.41) is 2.77. The number of hydrogen-bond donors (Lipinski definition) is 2. The minimum atomic E-state index is -3.27. The third-order valence-electron chi connectivity index (χ3n) is 4.62. The van der Waals surface area contributed by atoms with Gasteiger partial charge in [-0.1, -0.05) is 48.5 Å². The van der Waals surface area contributed by atoms with Crippen LogP contribution in [0.4, 0.5) is 5.69 Å². The van der Waals surface area contributed by atoms with Crippen LogP contribution in [0, 0.1) is 0 Å². The maximum absolute atomic E-state index is 12.6. The predicted molar refractivity (Wildman–Crippen MR) is 126 cm³/mol. The van der Waals surface area contributed by atoms with Gasteiger partial charge in [0.25, 0.3) is 5.91 Å². The zero-order chi connectivity index (χ0) is 23.1. The second-order valence-corrected chi connectivity index (χ2v) is 9.11. The molecular formula is C24H25N3O4S. The van der Waals surface area contributed by atoms with Crippen molar-refractivity contribution in [1.29, 1.82) is 0 Å². The van der Waals surface area contributed by atoms with Crippen molar-refractivity contribution in [3.05, 3.63) is 83.0 Å². The fourth-order valence-corrected chi connectivity index (χ4v) is 3.58. The minimum absolute atomic E-state index is 0.135. The van der Waals surface area contributed by atoms with Gasteiger partial charge >= 0.3 is 0 Å². The molecule has 1 aromatic heterocycles. The normalized spacial score (nSPS) is 11.4. The van der Waals surface area contributed by atoms with E-state index in [0.717, 1.165) is 17.4 Å². The lowest BCUT2D eigenvalue weighted by Gasteiger charge is -2.12. The van der Waals surface area contributed by atoms with Gasteiger partial charge in [0, 0.05) is 18.5 Å². The predicted octanol–water partition coefficient (Wildman–Crippen LogP) is 3.57. The molecule has 0 aliphatic carbocycles. The molecule has 0 unspecified atom stereocenters. The van der Waals surface area contributed by atoms with Crippen LogP contribution < -0.4 is 15.8 Å². The van der Waals surface area contributed by atoms with Gasteiger partial charge in [0.05, 0.1) is 17.1 Å². The van der Waals surface area contributed by atoms with Crippen LogP contribution in [-0.2, 0) is 16.4 Å². The fraction of sp³-hybridized carbons (Fsp3) is 0.167. The van der Waals surface area contributed by atoms with E-state index in [1.807, 2.05) is 49.4 Å². The van der Waals surface area contributed by atoms with Gasteiger partial charge in [0.1, 0.15) is 5.69 Å². The summed E-state index contributed by atoms with van der Waals surface area (Å²) in [4.78, 5) is 17.2. The summed E-state index contributed by atoms with van der Waals surface area (Å²) < 4.78 is 28.7. The Morgan fingerprint density at radius 2 is 1.78 bits per heavy atom. The number of nitrogens with one attached hydrogen (secondary N) is 1. The molecule has 1 amide bonds. The minimum Gasteiger partial charge on any atom is -0.477 e. The Hall–Kier alpha value is -3.65. The van der Waals surface area contributed by atoms with Crippen molar-refractivity contribution in [2.45, 2.75) is 18.4 Å². The number of carbonyl (C=O) groups is 1. The number of nitrogens with two attached hydrogens (primary N) is 1. The Morgan fingerprint density at radius 1 is 1.09 bits per heavy atom. The molecule has 32 heavy (non-hydrogen) atoms. The van der Waals surface area contributed by atoms with Crippen molar-refractivity contribution in [3.63, 3.8) is 0 Å². The summed E-state index contributed by atoms with van der Waals surface area (Å²) in [6, 6.07) is 17.6. The average molecular weight is 452 g/mol. The van der Waals surface area contributed by atoms with Gasteiger partial charge in [-0.25, -0.2) is 13.4 Å². The van der Waals surface area contributed by atoms with Crippen molar-refractivity contribution >= 4 is 33.6 Å². The first-order valence-electron chi connectivity index (χ1n) is 10.0. The molecule has 1 heterocycles. The molecule has 0 spiro atoms. The van der Waals surface area contributed by atoms with E-state index in [9.17, 15) is 13.2 Å². The number of amides is 1. The maximum Gasteiger partial charge on any atom is 0.270 e. The van der Waals surface area contributed by atoms with E-state index in [1.54, 1.807) is 12.1 Å². The second kappa shape index (κ2) is 10.1. The molecule has 0 bridgehead atoms. The monoisotopic (exact) mass is 451 g/mol. The number of nitrogens with zero attached hydrogens (tertiary/aromatic N) is 1. The number of nitrogen functional groups attached to an aromatic ring is 1. The Labute approximate surface area is 187 Å². The molecule has 0 aliphatic heterocycles. The van der Waals surface area contributed by atoms with E-state index in [1.165, 1.54) is 18.2 Å². The molecule has 0 atom stereocenters. The van der Waals surface area contributed by atoms with E-state index in [0.29, 0.717) is 17.9 Å². The van der Waals surface area contributed by atoms with E-state index in [-0.39, 0.29) is 23.0 Å². The first-order valence-corrected chi connectivity index (χ1v) is 11.9. The third kappa shape index (κ3) is 5.95. The summed E-state index contributed by atoms with van der Waals surface area (Å²) >= 11 is 0. The number of carbonyl (C=O) groups excluding carboxylic acids is 1. The molecule has 0 aliphatic rings. The number of aromatic nitrogens is 1. The number of hydrogen-bond acceptors (Lipinski definition) is 6. The lowest BCUT2D eigenvalue weighted by molar-refractivity contribution is 0.0944. The van der Waals surface area contributed by atoms with Gasteiger partial charge in [-0.2, -0.15) is 0 Å². The number of ether oxygens (including phenoxy) is 1. The molecule has 3 N–H and O–H groups in total. The largest absolute Gasteiger partial charge is 0.477 e. The van der Waals surface area contributed by atoms with Crippen molar-refractivity contribution in [2.24, 2.45) is 0 Å². The number of rotatable bonds is 8. The molecule has 8 heteroatoms. The molecule has 0 radical (unpaired) electrons. The third-order valence-corrected chi connectivity index (χ3v) is 5.74. The molecule has 0 saturated heterocycles. The van der Waals surface area contributed by atoms with Gasteiger partial charge in [0.2, 0.25) is 5.88 Å². The number of anilines is 1. The smallest absolute Gasteiger partial charge is 0.270 e. The van der Waals surface area contributed by atoms with E-state index < -0.39 is 15.7 Å². The Bertz CT molecular complexity index is 1220. The van der Waals surface area contributed by atoms with Crippen molar-refractivity contribution in [3.8, 4) is 5.88 Å². The van der Waals surface area contributed by atoms with Gasteiger partial charge in [-0.15, -0.1) is 0 Å². The molecule has 3 aromatic rings. The molecule has 2 aromatic carbocycles. The van der Waals surface area contributed by atoms with Gasteiger partial charge in [0.15, 0.2) is 9.84 Å². The molecule has 0 fully saturated rings. The first-order chi connectivity index (χ1) is 15.3. The fourth-order valence-electron chi connectivity index (χ4n) is 2.95. The van der Waals surface area contributed by atoms with Crippen LogP contribution in [0.25, 0.3) is 12.2 Å². The second-order valence-electron chi connectivity index (χ2n) is 7.09. The van der Waals surface area contributed by atoms with E-state index in [4.69, 9.17) is 10.5 Å². The lowest BCUT2D eigenvalue weighted by Crippen LogP contribution is -2.24. The summed E-state index contributed by atoms with van der Waals surface area (Å²) in [5.74, 6) is -0.134. The first kappa shape index (κ1) is 23.0. The zero-order valence-corrected chi connectivity index (χ0v) is 18.7. The summed E-state index contributed by atoms with van der Waals surface area (Å²) in [6.07, 6.45) is 4.86. The Morgan fingerprint density at radius 3 is 2.41 bits per heavy atom. The average Bonchev–Trinajstić information content (AvgIpc) is 2.77. The number of sulfone groups is 1. The van der Waals surface area contributed by atoms with Crippen LogP contribution in [0.15, 0.2) is 65.6 Å². The molecular weight excluding hydrogens is 426 g/mol. The maximum atomic E-state index is 12.6. The molecule has 0 saturated carbocycles. The highest BCUT2D eigenvalue weighted by atomic mass is 32.2. The SMILES string of the molecule is CCOc1nc(C(=O)NCc2ccc(S(C)(=O)=O)cc2)cc(N)c1/C=C/c1ccccc1. The quantitative estimate of drug-likeness (QED) is 0.542. The highest BCUT2D eigenvalue weighted by Gasteiger charge is 2.15. The lowest BCUT2D eigenvalue weighted by atomic mass is 10.1. The van der Waals surface area contributed by atoms with Gasteiger partial charge in [-0.3, -0.25) is 4.79 Å².